The van der Waals surface area contributed by atoms with Crippen LogP contribution in [0.1, 0.15) is 34.3 Å². The highest BCUT2D eigenvalue weighted by molar-refractivity contribution is 6.06. The van der Waals surface area contributed by atoms with Crippen LogP contribution in [0.25, 0.3) is 6.08 Å². The van der Waals surface area contributed by atoms with Crippen molar-refractivity contribution < 1.29 is 22.7 Å². The van der Waals surface area contributed by atoms with Crippen LogP contribution in [-0.4, -0.2) is 18.6 Å². The molecule has 0 aromatic heterocycles. The van der Waals surface area contributed by atoms with E-state index in [1.165, 1.54) is 6.08 Å². The minimum atomic E-state index is -4.16. The van der Waals surface area contributed by atoms with Crippen molar-refractivity contribution in [2.45, 2.75) is 25.9 Å². The first-order valence-electron chi connectivity index (χ1n) is 7.92. The van der Waals surface area contributed by atoms with Gasteiger partial charge in [-0.15, -0.1) is 0 Å². The molecule has 0 heterocycles. The summed E-state index contributed by atoms with van der Waals surface area (Å²) >= 11 is 0. The average Bonchev–Trinajstić information content (AvgIpc) is 2.58. The molecule has 0 spiro atoms. The molecule has 0 bridgehead atoms. The van der Waals surface area contributed by atoms with E-state index in [-0.39, 0.29) is 18.8 Å². The number of alkyl halides is 3. The van der Waals surface area contributed by atoms with Crippen LogP contribution in [0.15, 0.2) is 54.6 Å². The van der Waals surface area contributed by atoms with Gasteiger partial charge in [0.15, 0.2) is 5.78 Å². The molecule has 0 unspecified atom stereocenters. The highest BCUT2D eigenvalue weighted by Crippen LogP contribution is 2.21. The molecule has 0 aliphatic rings. The molecule has 0 radical (unpaired) electrons. The Morgan fingerprint density at radius 3 is 2.28 bits per heavy atom. The first kappa shape index (κ1) is 18.8. The number of ether oxygens (including phenoxy) is 1. The summed E-state index contributed by atoms with van der Waals surface area (Å²) in [5.41, 5.74) is 2.57. The van der Waals surface area contributed by atoms with Gasteiger partial charge in [0.2, 0.25) is 0 Å². The van der Waals surface area contributed by atoms with Crippen molar-refractivity contribution >= 4 is 11.9 Å². The molecule has 0 saturated heterocycles. The highest BCUT2D eigenvalue weighted by Gasteiger charge is 2.26. The highest BCUT2D eigenvalue weighted by atomic mass is 19.4. The van der Waals surface area contributed by atoms with Gasteiger partial charge in [-0.3, -0.25) is 4.79 Å². The van der Waals surface area contributed by atoms with E-state index in [4.69, 9.17) is 4.74 Å². The fourth-order valence-electron chi connectivity index (χ4n) is 2.12. The van der Waals surface area contributed by atoms with Crippen molar-refractivity contribution in [2.75, 3.05) is 6.61 Å². The van der Waals surface area contributed by atoms with Crippen LogP contribution in [0.4, 0.5) is 13.2 Å². The number of hydrogen-bond acceptors (Lipinski definition) is 2. The largest absolute Gasteiger partial charge is 0.494 e. The fourth-order valence-corrected chi connectivity index (χ4v) is 2.12. The van der Waals surface area contributed by atoms with Gasteiger partial charge in [0.1, 0.15) is 5.75 Å². The van der Waals surface area contributed by atoms with Gasteiger partial charge in [-0.2, -0.15) is 13.2 Å². The smallest absolute Gasteiger partial charge is 0.389 e. The number of rotatable bonds is 7. The predicted octanol–water partition coefficient (Wildman–Crippen LogP) is 5.61. The van der Waals surface area contributed by atoms with Gasteiger partial charge < -0.3 is 4.74 Å². The number of aryl methyl sites for hydroxylation is 1. The summed E-state index contributed by atoms with van der Waals surface area (Å²) in [6.07, 6.45) is -1.90. The molecule has 0 aliphatic carbocycles. The minimum absolute atomic E-state index is 0.0138. The second-order valence-corrected chi connectivity index (χ2v) is 5.70. The summed E-state index contributed by atoms with van der Waals surface area (Å²) in [4.78, 5) is 12.1. The third-order valence-corrected chi connectivity index (χ3v) is 3.52. The van der Waals surface area contributed by atoms with Crippen LogP contribution in [0.2, 0.25) is 0 Å². The Balaban J connectivity index is 1.86. The Hall–Kier alpha value is -2.56. The number of ketones is 1. The number of allylic oxidation sites excluding steroid dienone is 1. The van der Waals surface area contributed by atoms with E-state index in [0.29, 0.717) is 11.3 Å². The summed E-state index contributed by atoms with van der Waals surface area (Å²) in [7, 11) is 0. The van der Waals surface area contributed by atoms with Crippen molar-refractivity contribution in [1.82, 2.24) is 0 Å². The summed E-state index contributed by atoms with van der Waals surface area (Å²) in [5.74, 6) is 0.297. The summed E-state index contributed by atoms with van der Waals surface area (Å²) in [6.45, 7) is 1.98. The zero-order chi connectivity index (χ0) is 18.3. The van der Waals surface area contributed by atoms with Gasteiger partial charge in [0.05, 0.1) is 6.61 Å². The number of carbonyl (C=O) groups is 1. The van der Waals surface area contributed by atoms with E-state index in [1.54, 1.807) is 30.3 Å². The van der Waals surface area contributed by atoms with Crippen LogP contribution < -0.4 is 4.74 Å². The molecule has 0 saturated carbocycles. The maximum atomic E-state index is 12.1. The Kier molecular flexibility index (Phi) is 6.39. The molecular weight excluding hydrogens is 329 g/mol. The maximum absolute atomic E-state index is 12.1. The van der Waals surface area contributed by atoms with E-state index in [2.05, 4.69) is 0 Å². The molecule has 5 heteroatoms. The van der Waals surface area contributed by atoms with Gasteiger partial charge >= 0.3 is 6.18 Å². The third-order valence-electron chi connectivity index (χ3n) is 3.52. The second kappa shape index (κ2) is 8.51. The fraction of sp³-hybridized carbons (Fsp3) is 0.250. The number of carbonyl (C=O) groups excluding carboxylic acids is 1. The lowest BCUT2D eigenvalue weighted by atomic mass is 10.1. The monoisotopic (exact) mass is 348 g/mol. The van der Waals surface area contributed by atoms with Crippen LogP contribution in [0.3, 0.4) is 0 Å². The summed E-state index contributed by atoms with van der Waals surface area (Å²) < 4.78 is 41.4. The number of benzene rings is 2. The number of hydrogen-bond donors (Lipinski definition) is 0. The molecule has 0 atom stereocenters. The van der Waals surface area contributed by atoms with Crippen LogP contribution in [0.5, 0.6) is 5.75 Å². The van der Waals surface area contributed by atoms with E-state index >= 15 is 0 Å². The molecular formula is C20H19F3O2. The molecule has 25 heavy (non-hydrogen) atoms. The van der Waals surface area contributed by atoms with Gasteiger partial charge in [-0.1, -0.05) is 35.9 Å². The van der Waals surface area contributed by atoms with Crippen molar-refractivity contribution in [3.05, 3.63) is 71.3 Å². The van der Waals surface area contributed by atoms with Crippen molar-refractivity contribution in [3.8, 4) is 5.75 Å². The van der Waals surface area contributed by atoms with Crippen LogP contribution in [-0.2, 0) is 0 Å². The van der Waals surface area contributed by atoms with Crippen LogP contribution >= 0.6 is 0 Å². The van der Waals surface area contributed by atoms with E-state index in [1.807, 2.05) is 31.2 Å². The maximum Gasteiger partial charge on any atom is 0.389 e. The normalized spacial score (nSPS) is 11.7. The molecule has 0 aliphatic heterocycles. The predicted molar refractivity (Wildman–Crippen MR) is 91.8 cm³/mol. The minimum Gasteiger partial charge on any atom is -0.494 e. The first-order valence-corrected chi connectivity index (χ1v) is 7.92. The van der Waals surface area contributed by atoms with Crippen molar-refractivity contribution in [1.29, 1.82) is 0 Å². The number of halogens is 3. The van der Waals surface area contributed by atoms with Crippen molar-refractivity contribution in [2.24, 2.45) is 0 Å². The molecule has 0 fully saturated rings. The molecule has 2 nitrogen and oxygen atoms in total. The van der Waals surface area contributed by atoms with E-state index in [0.717, 1.165) is 11.1 Å². The van der Waals surface area contributed by atoms with Gasteiger partial charge in [-0.05, 0) is 49.2 Å². The Bertz CT molecular complexity index is 714. The van der Waals surface area contributed by atoms with E-state index < -0.39 is 12.6 Å². The SMILES string of the molecule is Cc1ccc(/C=C/C(=O)c2ccc(OCCCC(F)(F)F)cc2)cc1. The average molecular weight is 348 g/mol. The molecule has 132 valence electrons. The van der Waals surface area contributed by atoms with Crippen LogP contribution in [0, 0.1) is 6.92 Å². The standard InChI is InChI=1S/C20H19F3O2/c1-15-3-5-16(6-4-15)7-12-19(24)17-8-10-18(11-9-17)25-14-2-13-20(21,22)23/h3-12H,2,13-14H2,1H3/b12-7+. The molecule has 0 amide bonds. The van der Waals surface area contributed by atoms with E-state index in [9.17, 15) is 18.0 Å². The molecule has 2 aromatic rings. The second-order valence-electron chi connectivity index (χ2n) is 5.70. The quantitative estimate of drug-likeness (QED) is 0.369. The van der Waals surface area contributed by atoms with Gasteiger partial charge in [-0.25, -0.2) is 0 Å². The lowest BCUT2D eigenvalue weighted by molar-refractivity contribution is -0.136. The zero-order valence-electron chi connectivity index (χ0n) is 13.8. The Labute approximate surface area is 144 Å². The topological polar surface area (TPSA) is 26.3 Å². The Morgan fingerprint density at radius 2 is 1.68 bits per heavy atom. The van der Waals surface area contributed by atoms with Gasteiger partial charge in [0.25, 0.3) is 0 Å². The molecule has 0 N–H and O–H groups in total. The van der Waals surface area contributed by atoms with Crippen molar-refractivity contribution in [3.63, 3.8) is 0 Å². The summed E-state index contributed by atoms with van der Waals surface area (Å²) in [5, 5.41) is 0. The zero-order valence-corrected chi connectivity index (χ0v) is 13.8. The third kappa shape index (κ3) is 6.83. The lowest BCUT2D eigenvalue weighted by Gasteiger charge is -2.08. The lowest BCUT2D eigenvalue weighted by Crippen LogP contribution is -2.09. The Morgan fingerprint density at radius 1 is 1.04 bits per heavy atom. The molecule has 2 aromatic carbocycles. The molecule has 2 rings (SSSR count). The first-order chi connectivity index (χ1) is 11.8. The summed E-state index contributed by atoms with van der Waals surface area (Å²) in [6, 6.07) is 14.2. The van der Waals surface area contributed by atoms with Gasteiger partial charge in [0, 0.05) is 12.0 Å².